The van der Waals surface area contributed by atoms with E-state index in [1.165, 1.54) is 0 Å². The fourth-order valence-electron chi connectivity index (χ4n) is 5.20. The first kappa shape index (κ1) is 37.1. The second-order valence-electron chi connectivity index (χ2n) is 14.2. The second kappa shape index (κ2) is 15.5. The molecule has 0 saturated carbocycles. The Hall–Kier alpha value is -2.33. The van der Waals surface area contributed by atoms with Gasteiger partial charge in [0.25, 0.3) is 0 Å². The number of anilines is 1. The van der Waals surface area contributed by atoms with Gasteiger partial charge in [-0.25, -0.2) is 13.7 Å². The molecule has 0 aromatic heterocycles. The molecule has 3 rings (SSSR count). The van der Waals surface area contributed by atoms with Crippen molar-refractivity contribution in [2.24, 2.45) is 5.92 Å². The van der Waals surface area contributed by atoms with Gasteiger partial charge in [0.2, 0.25) is 5.91 Å². The lowest BCUT2D eigenvalue weighted by atomic mass is 9.94. The standard InChI is InChI=1S/C34H50Cl2N4O4S/c1-22(2)18-28(38-45(43)34(7,8)9)26-19-23(3)10-13-30(26)39-14-16-40(17-15-39)31(41)29(37-32(42)44-33(4,5)6)20-24-11-12-25(35)21-27(24)36/h10-13,19,21-22,28-29,38H,14-18,20H2,1-9H3,(H,37,42)/t28-,29+,45-/m0/s1. The van der Waals surface area contributed by atoms with Crippen molar-refractivity contribution < 1.29 is 18.5 Å². The summed E-state index contributed by atoms with van der Waals surface area (Å²) in [6, 6.07) is 10.6. The van der Waals surface area contributed by atoms with E-state index in [1.54, 1.807) is 43.9 Å². The third-order valence-corrected chi connectivity index (χ3v) is 9.63. The number of alkyl carbamates (subject to hydrolysis) is 1. The molecule has 1 aliphatic rings. The third kappa shape index (κ3) is 11.2. The number of rotatable bonds is 10. The maximum atomic E-state index is 13.9. The smallest absolute Gasteiger partial charge is 0.408 e. The molecule has 1 fully saturated rings. The van der Waals surface area contributed by atoms with Gasteiger partial charge in [-0.1, -0.05) is 60.8 Å². The number of ether oxygens (including phenoxy) is 1. The molecule has 0 bridgehead atoms. The molecule has 45 heavy (non-hydrogen) atoms. The predicted octanol–water partition coefficient (Wildman–Crippen LogP) is 7.23. The number of nitrogens with zero attached hydrogens (tertiary/aromatic N) is 2. The van der Waals surface area contributed by atoms with Crippen LogP contribution in [0.1, 0.15) is 84.5 Å². The first-order valence-electron chi connectivity index (χ1n) is 15.6. The van der Waals surface area contributed by atoms with Gasteiger partial charge in [0, 0.05) is 54.4 Å². The number of benzene rings is 2. The van der Waals surface area contributed by atoms with E-state index in [-0.39, 0.29) is 18.4 Å². The lowest BCUT2D eigenvalue weighted by molar-refractivity contribution is -0.133. The van der Waals surface area contributed by atoms with Gasteiger partial charge in [-0.2, -0.15) is 0 Å². The topological polar surface area (TPSA) is 91.0 Å². The van der Waals surface area contributed by atoms with Crippen LogP contribution in [-0.2, 0) is 26.9 Å². The number of nitrogens with one attached hydrogen (secondary N) is 2. The highest BCUT2D eigenvalue weighted by atomic mass is 35.5. The minimum Gasteiger partial charge on any atom is -0.444 e. The highest BCUT2D eigenvalue weighted by Gasteiger charge is 2.32. The van der Waals surface area contributed by atoms with Crippen LogP contribution >= 0.6 is 23.2 Å². The first-order chi connectivity index (χ1) is 20.8. The molecular formula is C34H50Cl2N4O4S. The summed E-state index contributed by atoms with van der Waals surface area (Å²) in [4.78, 5) is 30.8. The van der Waals surface area contributed by atoms with E-state index in [0.717, 1.165) is 23.2 Å². The van der Waals surface area contributed by atoms with Crippen molar-refractivity contribution in [1.29, 1.82) is 0 Å². The average molecular weight is 682 g/mol. The van der Waals surface area contributed by atoms with Crippen LogP contribution in [0.4, 0.5) is 10.5 Å². The second-order valence-corrected chi connectivity index (χ2v) is 17.0. The minimum atomic E-state index is -1.24. The summed E-state index contributed by atoms with van der Waals surface area (Å²) >= 11 is 12.5. The number of amides is 2. The number of hydrogen-bond acceptors (Lipinski definition) is 5. The van der Waals surface area contributed by atoms with Gasteiger partial charge in [0.15, 0.2) is 0 Å². The van der Waals surface area contributed by atoms with Crippen molar-refractivity contribution in [3.8, 4) is 0 Å². The molecule has 11 heteroatoms. The largest absolute Gasteiger partial charge is 0.444 e. The van der Waals surface area contributed by atoms with Gasteiger partial charge in [-0.05, 0) is 90.1 Å². The number of piperazine rings is 1. The molecule has 1 aliphatic heterocycles. The Morgan fingerprint density at radius 1 is 0.978 bits per heavy atom. The number of carbonyl (C=O) groups excluding carboxylic acids is 2. The maximum Gasteiger partial charge on any atom is 0.408 e. The Balaban J connectivity index is 1.82. The van der Waals surface area contributed by atoms with Crippen LogP contribution in [0.25, 0.3) is 0 Å². The molecule has 1 saturated heterocycles. The van der Waals surface area contributed by atoms with Crippen LogP contribution in [0.5, 0.6) is 0 Å². The maximum absolute atomic E-state index is 13.9. The fraction of sp³-hybridized carbons (Fsp3) is 0.588. The number of halogens is 2. The highest BCUT2D eigenvalue weighted by Crippen LogP contribution is 2.33. The fourth-order valence-corrected chi connectivity index (χ4v) is 6.52. The zero-order valence-corrected chi connectivity index (χ0v) is 30.5. The molecule has 1 heterocycles. The van der Waals surface area contributed by atoms with Crippen LogP contribution in [0.3, 0.4) is 0 Å². The Morgan fingerprint density at radius 3 is 2.18 bits per heavy atom. The van der Waals surface area contributed by atoms with Gasteiger partial charge >= 0.3 is 6.09 Å². The minimum absolute atomic E-state index is 0.0915. The number of carbonyl (C=O) groups is 2. The third-order valence-electron chi connectivity index (χ3n) is 7.43. The van der Waals surface area contributed by atoms with Crippen LogP contribution in [0.2, 0.25) is 10.0 Å². The zero-order chi connectivity index (χ0) is 33.7. The number of hydrogen-bond donors (Lipinski definition) is 2. The van der Waals surface area contributed by atoms with Gasteiger partial charge < -0.3 is 19.9 Å². The molecule has 2 N–H and O–H groups in total. The molecular weight excluding hydrogens is 631 g/mol. The zero-order valence-electron chi connectivity index (χ0n) is 28.1. The Kier molecular flexibility index (Phi) is 12.8. The highest BCUT2D eigenvalue weighted by molar-refractivity contribution is 7.84. The van der Waals surface area contributed by atoms with E-state index in [1.807, 2.05) is 20.8 Å². The average Bonchev–Trinajstić information content (AvgIpc) is 2.91. The van der Waals surface area contributed by atoms with Crippen LogP contribution in [-0.4, -0.2) is 63.7 Å². The lowest BCUT2D eigenvalue weighted by Crippen LogP contribution is -2.56. The first-order valence-corrected chi connectivity index (χ1v) is 17.5. The molecule has 3 atom stereocenters. The van der Waals surface area contributed by atoms with Crippen molar-refractivity contribution in [3.63, 3.8) is 0 Å². The van der Waals surface area contributed by atoms with Crippen molar-refractivity contribution in [2.45, 2.75) is 97.6 Å². The molecule has 2 aromatic carbocycles. The van der Waals surface area contributed by atoms with E-state index in [4.69, 9.17) is 27.9 Å². The van der Waals surface area contributed by atoms with Crippen molar-refractivity contribution >= 4 is 51.9 Å². The lowest BCUT2D eigenvalue weighted by Gasteiger charge is -2.39. The summed E-state index contributed by atoms with van der Waals surface area (Å²) in [5.41, 5.74) is 3.32. The van der Waals surface area contributed by atoms with Crippen LogP contribution < -0.4 is 14.9 Å². The van der Waals surface area contributed by atoms with E-state index in [2.05, 4.69) is 53.9 Å². The molecule has 0 spiro atoms. The summed E-state index contributed by atoms with van der Waals surface area (Å²) in [5.74, 6) is 0.196. The summed E-state index contributed by atoms with van der Waals surface area (Å²) in [6.45, 7) is 19.8. The van der Waals surface area contributed by atoms with Crippen molar-refractivity contribution in [2.75, 3.05) is 31.1 Å². The van der Waals surface area contributed by atoms with Crippen LogP contribution in [0, 0.1) is 12.8 Å². The molecule has 250 valence electrons. The Labute approximate surface area is 282 Å². The summed E-state index contributed by atoms with van der Waals surface area (Å²) in [7, 11) is -1.24. The van der Waals surface area contributed by atoms with Gasteiger partial charge in [0.1, 0.15) is 11.6 Å². The Morgan fingerprint density at radius 2 is 1.62 bits per heavy atom. The quantitative estimate of drug-likeness (QED) is 0.276. The molecule has 2 amide bonds. The van der Waals surface area contributed by atoms with Crippen molar-refractivity contribution in [1.82, 2.24) is 14.9 Å². The van der Waals surface area contributed by atoms with Gasteiger partial charge in [-0.3, -0.25) is 4.79 Å². The van der Waals surface area contributed by atoms with E-state index < -0.39 is 33.5 Å². The molecule has 0 aliphatic carbocycles. The summed E-state index contributed by atoms with van der Waals surface area (Å²) in [6.07, 6.45) is 0.372. The SMILES string of the molecule is Cc1ccc(N2CCN(C(=O)[C@@H](Cc3ccc(Cl)cc3Cl)NC(=O)OC(C)(C)C)CC2)c([C@H](CC(C)C)N[S@@](=O)C(C)(C)C)c1. The predicted molar refractivity (Wildman–Crippen MR) is 187 cm³/mol. The molecule has 2 aromatic rings. The Bertz CT molecular complexity index is 1360. The molecule has 0 radical (unpaired) electrons. The summed E-state index contributed by atoms with van der Waals surface area (Å²) in [5, 5.41) is 3.71. The molecule has 8 nitrogen and oxygen atoms in total. The van der Waals surface area contributed by atoms with Crippen molar-refractivity contribution in [3.05, 3.63) is 63.1 Å². The van der Waals surface area contributed by atoms with E-state index in [0.29, 0.717) is 47.7 Å². The van der Waals surface area contributed by atoms with Crippen LogP contribution in [0.15, 0.2) is 36.4 Å². The van der Waals surface area contributed by atoms with Gasteiger partial charge in [-0.15, -0.1) is 0 Å². The van der Waals surface area contributed by atoms with E-state index in [9.17, 15) is 13.8 Å². The molecule has 0 unspecified atom stereocenters. The number of aryl methyl sites for hydroxylation is 1. The summed E-state index contributed by atoms with van der Waals surface area (Å²) < 4.78 is 21.7. The van der Waals surface area contributed by atoms with E-state index >= 15 is 0 Å². The normalized spacial score (nSPS) is 16.4. The monoisotopic (exact) mass is 680 g/mol. The van der Waals surface area contributed by atoms with Gasteiger partial charge in [0.05, 0.1) is 15.7 Å².